The first kappa shape index (κ1) is 16.1. The van der Waals surface area contributed by atoms with E-state index in [0.717, 1.165) is 26.1 Å². The zero-order chi connectivity index (χ0) is 15.8. The van der Waals surface area contributed by atoms with Gasteiger partial charge in [0, 0.05) is 26.2 Å². The van der Waals surface area contributed by atoms with E-state index in [1.165, 1.54) is 11.6 Å². The number of rotatable bonds is 9. The monoisotopic (exact) mass is 303 g/mol. The number of hydrogen-bond acceptors (Lipinski definition) is 5. The molecule has 1 aromatic carbocycles. The van der Waals surface area contributed by atoms with Crippen LogP contribution in [0.15, 0.2) is 42.6 Å². The molecule has 0 saturated carbocycles. The summed E-state index contributed by atoms with van der Waals surface area (Å²) in [6.45, 7) is 3.68. The molecule has 1 aromatic heterocycles. The van der Waals surface area contributed by atoms with Gasteiger partial charge in [-0.1, -0.05) is 30.3 Å². The van der Waals surface area contributed by atoms with Crippen molar-refractivity contribution >= 4 is 5.82 Å². The van der Waals surface area contributed by atoms with Gasteiger partial charge >= 0.3 is 5.82 Å². The van der Waals surface area contributed by atoms with Crippen molar-refractivity contribution in [3.05, 3.63) is 58.3 Å². The van der Waals surface area contributed by atoms with E-state index in [1.807, 2.05) is 18.2 Å². The largest absolute Gasteiger partial charge is 0.389 e. The first-order valence-corrected chi connectivity index (χ1v) is 7.33. The summed E-state index contributed by atoms with van der Waals surface area (Å²) in [6.07, 6.45) is 2.59. The van der Waals surface area contributed by atoms with Crippen molar-refractivity contribution in [2.45, 2.75) is 13.0 Å². The fourth-order valence-corrected chi connectivity index (χ4v) is 2.27. The van der Waals surface area contributed by atoms with Gasteiger partial charge in [0.1, 0.15) is 0 Å². The molecule has 0 aliphatic carbocycles. The summed E-state index contributed by atoms with van der Waals surface area (Å²) in [4.78, 5) is 12.4. The summed E-state index contributed by atoms with van der Waals surface area (Å²) < 4.78 is 1.60. The molecule has 118 valence electrons. The topological polar surface area (TPSA) is 90.2 Å². The van der Waals surface area contributed by atoms with Crippen molar-refractivity contribution in [2.24, 2.45) is 5.73 Å². The van der Waals surface area contributed by atoms with Crippen LogP contribution in [-0.2, 0) is 13.0 Å². The molecular formula is C15H21N5O2. The summed E-state index contributed by atoms with van der Waals surface area (Å²) in [7, 11) is 0. The molecule has 0 bridgehead atoms. The van der Waals surface area contributed by atoms with Crippen LogP contribution in [0.2, 0.25) is 0 Å². The van der Waals surface area contributed by atoms with Gasteiger partial charge in [0.2, 0.25) is 0 Å². The second-order valence-corrected chi connectivity index (χ2v) is 5.06. The van der Waals surface area contributed by atoms with Gasteiger partial charge < -0.3 is 15.8 Å². The Morgan fingerprint density at radius 2 is 1.95 bits per heavy atom. The molecule has 0 aliphatic rings. The van der Waals surface area contributed by atoms with E-state index in [-0.39, 0.29) is 5.82 Å². The van der Waals surface area contributed by atoms with Crippen molar-refractivity contribution in [1.82, 2.24) is 14.7 Å². The average molecular weight is 303 g/mol. The third kappa shape index (κ3) is 4.94. The zero-order valence-corrected chi connectivity index (χ0v) is 12.5. The Morgan fingerprint density at radius 3 is 2.59 bits per heavy atom. The first-order valence-electron chi connectivity index (χ1n) is 7.33. The molecule has 7 heteroatoms. The predicted octanol–water partition coefficient (Wildman–Crippen LogP) is 1.29. The number of hydrogen-bond donors (Lipinski definition) is 1. The van der Waals surface area contributed by atoms with Crippen LogP contribution in [-0.4, -0.2) is 45.8 Å². The standard InChI is InChI=1S/C15H21N5O2/c16-8-11-18(9-6-14-4-2-1-3-5-14)12-13-19-10-7-15(17-19)20(21)22/h1-5,7,10H,6,8-9,11-13,16H2. The fourth-order valence-electron chi connectivity index (χ4n) is 2.27. The molecular weight excluding hydrogens is 282 g/mol. The van der Waals surface area contributed by atoms with Crippen LogP contribution in [0.25, 0.3) is 0 Å². The van der Waals surface area contributed by atoms with Crippen LogP contribution < -0.4 is 5.73 Å². The maximum Gasteiger partial charge on any atom is 0.389 e. The highest BCUT2D eigenvalue weighted by Crippen LogP contribution is 2.06. The van der Waals surface area contributed by atoms with E-state index in [2.05, 4.69) is 22.1 Å². The Morgan fingerprint density at radius 1 is 1.18 bits per heavy atom. The maximum absolute atomic E-state index is 10.6. The molecule has 0 spiro atoms. The number of nitrogens with two attached hydrogens (primary N) is 1. The molecule has 0 aliphatic heterocycles. The molecule has 0 amide bonds. The normalized spacial score (nSPS) is 11.0. The fraction of sp³-hybridized carbons (Fsp3) is 0.400. The van der Waals surface area contributed by atoms with E-state index in [1.54, 1.807) is 10.9 Å². The predicted molar refractivity (Wildman–Crippen MR) is 84.5 cm³/mol. The lowest BCUT2D eigenvalue weighted by atomic mass is 10.1. The Bertz CT molecular complexity index is 585. The van der Waals surface area contributed by atoms with Crippen LogP contribution >= 0.6 is 0 Å². The van der Waals surface area contributed by atoms with Crippen molar-refractivity contribution in [1.29, 1.82) is 0 Å². The second kappa shape index (κ2) is 8.26. The molecule has 0 unspecified atom stereocenters. The van der Waals surface area contributed by atoms with Gasteiger partial charge in [0.15, 0.2) is 0 Å². The molecule has 0 fully saturated rings. The minimum Gasteiger partial charge on any atom is -0.358 e. The average Bonchev–Trinajstić information content (AvgIpc) is 3.00. The molecule has 1 heterocycles. The summed E-state index contributed by atoms with van der Waals surface area (Å²) in [5.74, 6) is -0.116. The SMILES string of the molecule is NCCN(CCc1ccccc1)CCn1ccc([N+](=O)[O-])n1. The minimum atomic E-state index is -0.483. The summed E-state index contributed by atoms with van der Waals surface area (Å²) in [5, 5.41) is 14.5. The van der Waals surface area contributed by atoms with Gasteiger partial charge in [-0.15, -0.1) is 0 Å². The molecule has 0 saturated heterocycles. The van der Waals surface area contributed by atoms with Crippen LogP contribution in [0, 0.1) is 10.1 Å². The first-order chi connectivity index (χ1) is 10.7. The quantitative estimate of drug-likeness (QED) is 0.557. The summed E-state index contributed by atoms with van der Waals surface area (Å²) in [6, 6.07) is 11.7. The third-order valence-corrected chi connectivity index (χ3v) is 3.46. The Hall–Kier alpha value is -2.25. The van der Waals surface area contributed by atoms with Gasteiger partial charge in [-0.25, -0.2) is 0 Å². The zero-order valence-electron chi connectivity index (χ0n) is 12.5. The Kier molecular flexibility index (Phi) is 6.05. The number of nitro groups is 1. The lowest BCUT2D eigenvalue weighted by Crippen LogP contribution is -2.34. The van der Waals surface area contributed by atoms with Crippen LogP contribution in [0.4, 0.5) is 5.82 Å². The molecule has 22 heavy (non-hydrogen) atoms. The van der Waals surface area contributed by atoms with E-state index in [4.69, 9.17) is 5.73 Å². The van der Waals surface area contributed by atoms with Gasteiger partial charge in [-0.3, -0.25) is 4.90 Å². The van der Waals surface area contributed by atoms with Crippen LogP contribution in [0.5, 0.6) is 0 Å². The Balaban J connectivity index is 1.84. The lowest BCUT2D eigenvalue weighted by molar-refractivity contribution is -0.389. The van der Waals surface area contributed by atoms with Crippen molar-refractivity contribution in [3.63, 3.8) is 0 Å². The summed E-state index contributed by atoms with van der Waals surface area (Å²) in [5.41, 5.74) is 6.95. The highest BCUT2D eigenvalue weighted by Gasteiger charge is 2.12. The third-order valence-electron chi connectivity index (χ3n) is 3.46. The van der Waals surface area contributed by atoms with Crippen LogP contribution in [0.1, 0.15) is 5.56 Å². The van der Waals surface area contributed by atoms with E-state index in [0.29, 0.717) is 13.1 Å². The van der Waals surface area contributed by atoms with Crippen molar-refractivity contribution in [3.8, 4) is 0 Å². The van der Waals surface area contributed by atoms with Crippen molar-refractivity contribution < 1.29 is 4.92 Å². The van der Waals surface area contributed by atoms with Gasteiger partial charge in [0.05, 0.1) is 23.9 Å². The maximum atomic E-state index is 10.6. The minimum absolute atomic E-state index is 0.116. The smallest absolute Gasteiger partial charge is 0.358 e. The van der Waals surface area contributed by atoms with Crippen LogP contribution in [0.3, 0.4) is 0 Å². The molecule has 2 rings (SSSR count). The molecule has 2 N–H and O–H groups in total. The molecule has 0 radical (unpaired) electrons. The Labute approximate surface area is 129 Å². The van der Waals surface area contributed by atoms with E-state index >= 15 is 0 Å². The number of nitrogens with zero attached hydrogens (tertiary/aromatic N) is 4. The second-order valence-electron chi connectivity index (χ2n) is 5.06. The summed E-state index contributed by atoms with van der Waals surface area (Å²) >= 11 is 0. The molecule has 7 nitrogen and oxygen atoms in total. The van der Waals surface area contributed by atoms with E-state index in [9.17, 15) is 10.1 Å². The molecule has 2 aromatic rings. The number of benzene rings is 1. The van der Waals surface area contributed by atoms with Gasteiger partial charge in [0.25, 0.3) is 0 Å². The molecule has 0 atom stereocenters. The van der Waals surface area contributed by atoms with E-state index < -0.39 is 4.92 Å². The lowest BCUT2D eigenvalue weighted by Gasteiger charge is -2.20. The highest BCUT2D eigenvalue weighted by molar-refractivity contribution is 5.15. The highest BCUT2D eigenvalue weighted by atomic mass is 16.6. The van der Waals surface area contributed by atoms with Gasteiger partial charge in [-0.05, 0) is 16.9 Å². The van der Waals surface area contributed by atoms with Crippen molar-refractivity contribution in [2.75, 3.05) is 26.2 Å². The van der Waals surface area contributed by atoms with Gasteiger partial charge in [-0.2, -0.15) is 4.68 Å². The number of aromatic nitrogens is 2.